The average molecular weight is 477 g/mol. The number of nitrogens with zero attached hydrogens (tertiary/aromatic N) is 3. The normalized spacial score (nSPS) is 14.6. The third-order valence-corrected chi connectivity index (χ3v) is 7.98. The molecule has 162 valence electrons. The Labute approximate surface area is 190 Å². The van der Waals surface area contributed by atoms with Crippen LogP contribution >= 0.6 is 23.4 Å². The Kier molecular flexibility index (Phi) is 6.66. The van der Waals surface area contributed by atoms with E-state index in [2.05, 4.69) is 10.3 Å². The van der Waals surface area contributed by atoms with Gasteiger partial charge >= 0.3 is 0 Å². The second-order valence-corrected chi connectivity index (χ2v) is 10.3. The molecule has 1 N–H and O–H groups in total. The maximum Gasteiger partial charge on any atom is 0.243 e. The number of carbonyl (C=O) groups excluding carboxylic acids is 1. The number of carbonyl (C=O) groups is 1. The minimum atomic E-state index is -3.53. The first kappa shape index (κ1) is 21.9. The molecule has 0 atom stereocenters. The monoisotopic (exact) mass is 476 g/mol. The molecule has 10 heteroatoms. The molecule has 0 unspecified atom stereocenters. The summed E-state index contributed by atoms with van der Waals surface area (Å²) < 4.78 is 28.8. The Morgan fingerprint density at radius 3 is 2.61 bits per heavy atom. The van der Waals surface area contributed by atoms with E-state index in [1.54, 1.807) is 36.5 Å². The van der Waals surface area contributed by atoms with E-state index in [-0.39, 0.29) is 16.6 Å². The summed E-state index contributed by atoms with van der Waals surface area (Å²) >= 11 is 7.24. The van der Waals surface area contributed by atoms with Gasteiger partial charge in [0.05, 0.1) is 10.6 Å². The Morgan fingerprint density at radius 2 is 1.87 bits per heavy atom. The van der Waals surface area contributed by atoms with Gasteiger partial charge in [0.1, 0.15) is 0 Å². The SMILES string of the molecule is O=C(CSc1nccn1-c1ccc(Cl)cc1)Nc1cccc(S(=O)(=O)N2CCCC2)c1. The topological polar surface area (TPSA) is 84.3 Å². The Morgan fingerprint density at radius 1 is 1.13 bits per heavy atom. The highest BCUT2D eigenvalue weighted by molar-refractivity contribution is 7.99. The summed E-state index contributed by atoms with van der Waals surface area (Å²) in [5, 5.41) is 4.09. The number of thioether (sulfide) groups is 1. The molecule has 7 nitrogen and oxygen atoms in total. The van der Waals surface area contributed by atoms with Gasteiger partial charge in [-0.2, -0.15) is 4.31 Å². The van der Waals surface area contributed by atoms with Crippen LogP contribution in [0.5, 0.6) is 0 Å². The lowest BCUT2D eigenvalue weighted by Gasteiger charge is -2.16. The molecule has 1 aromatic heterocycles. The molecule has 1 saturated heterocycles. The number of nitrogens with one attached hydrogen (secondary N) is 1. The molecule has 0 spiro atoms. The van der Waals surface area contributed by atoms with Crippen molar-refractivity contribution < 1.29 is 13.2 Å². The lowest BCUT2D eigenvalue weighted by Crippen LogP contribution is -2.28. The molecule has 31 heavy (non-hydrogen) atoms. The quantitative estimate of drug-likeness (QED) is 0.520. The zero-order valence-electron chi connectivity index (χ0n) is 16.6. The lowest BCUT2D eigenvalue weighted by atomic mass is 10.3. The van der Waals surface area contributed by atoms with Crippen molar-refractivity contribution in [2.75, 3.05) is 24.2 Å². The van der Waals surface area contributed by atoms with Gasteiger partial charge in [0.2, 0.25) is 15.9 Å². The zero-order chi connectivity index (χ0) is 21.8. The summed E-state index contributed by atoms with van der Waals surface area (Å²) in [6.07, 6.45) is 5.23. The van der Waals surface area contributed by atoms with Gasteiger partial charge in [-0.1, -0.05) is 29.4 Å². The first-order chi connectivity index (χ1) is 14.9. The van der Waals surface area contributed by atoms with E-state index in [9.17, 15) is 13.2 Å². The van der Waals surface area contributed by atoms with E-state index in [0.717, 1.165) is 18.5 Å². The molecule has 3 aromatic rings. The maximum atomic E-state index is 12.7. The van der Waals surface area contributed by atoms with Crippen LogP contribution < -0.4 is 5.32 Å². The molecule has 0 bridgehead atoms. The Bertz CT molecular complexity index is 1170. The van der Waals surface area contributed by atoms with Crippen LogP contribution in [0.1, 0.15) is 12.8 Å². The van der Waals surface area contributed by atoms with E-state index in [4.69, 9.17) is 11.6 Å². The summed E-state index contributed by atoms with van der Waals surface area (Å²) in [4.78, 5) is 17.0. The molecule has 0 saturated carbocycles. The summed E-state index contributed by atoms with van der Waals surface area (Å²) in [5.74, 6) is -0.111. The van der Waals surface area contributed by atoms with Gasteiger partial charge in [-0.05, 0) is 55.3 Å². The van der Waals surface area contributed by atoms with Crippen LogP contribution in [0, 0.1) is 0 Å². The second-order valence-electron chi connectivity index (χ2n) is 7.03. The number of hydrogen-bond acceptors (Lipinski definition) is 5. The van der Waals surface area contributed by atoms with Crippen LogP contribution in [0.25, 0.3) is 5.69 Å². The predicted octanol–water partition coefficient (Wildman–Crippen LogP) is 4.04. The third kappa shape index (κ3) is 5.12. The van der Waals surface area contributed by atoms with Crippen molar-refractivity contribution in [3.63, 3.8) is 0 Å². The van der Waals surface area contributed by atoms with Crippen molar-refractivity contribution in [3.8, 4) is 5.69 Å². The molecule has 2 heterocycles. The number of halogens is 1. The van der Waals surface area contributed by atoms with Gasteiger partial charge in [0, 0.05) is 41.9 Å². The summed E-state index contributed by atoms with van der Waals surface area (Å²) in [7, 11) is -3.53. The van der Waals surface area contributed by atoms with Crippen LogP contribution in [0.4, 0.5) is 5.69 Å². The minimum absolute atomic E-state index is 0.133. The van der Waals surface area contributed by atoms with Gasteiger partial charge in [-0.3, -0.25) is 9.36 Å². The lowest BCUT2D eigenvalue weighted by molar-refractivity contribution is -0.113. The number of hydrogen-bond donors (Lipinski definition) is 1. The van der Waals surface area contributed by atoms with Gasteiger partial charge in [-0.15, -0.1) is 0 Å². The van der Waals surface area contributed by atoms with E-state index in [1.165, 1.54) is 22.1 Å². The van der Waals surface area contributed by atoms with E-state index >= 15 is 0 Å². The summed E-state index contributed by atoms with van der Waals surface area (Å²) in [6.45, 7) is 1.08. The van der Waals surface area contributed by atoms with Gasteiger partial charge in [0.25, 0.3) is 0 Å². The molecule has 1 aliphatic heterocycles. The van der Waals surface area contributed by atoms with Crippen LogP contribution in [0.3, 0.4) is 0 Å². The van der Waals surface area contributed by atoms with Crippen LogP contribution in [-0.2, 0) is 14.8 Å². The fourth-order valence-electron chi connectivity index (χ4n) is 3.33. The molecule has 1 fully saturated rings. The number of aromatic nitrogens is 2. The Balaban J connectivity index is 1.40. The first-order valence-corrected chi connectivity index (χ1v) is 12.6. The van der Waals surface area contributed by atoms with Crippen LogP contribution in [0.15, 0.2) is 71.0 Å². The van der Waals surface area contributed by atoms with Crippen molar-refractivity contribution in [2.24, 2.45) is 0 Å². The molecule has 1 aliphatic rings. The standard InChI is InChI=1S/C21H21ClN4O3S2/c22-16-6-8-18(9-7-16)26-13-10-23-21(26)30-15-20(27)24-17-4-3-5-19(14-17)31(28,29)25-11-1-2-12-25/h3-10,13-14H,1-2,11-12,15H2,(H,24,27). The molecular formula is C21H21ClN4O3S2. The van der Waals surface area contributed by atoms with Crippen molar-refractivity contribution >= 4 is 45.0 Å². The highest BCUT2D eigenvalue weighted by Gasteiger charge is 2.27. The number of benzene rings is 2. The van der Waals surface area contributed by atoms with Crippen molar-refractivity contribution in [1.82, 2.24) is 13.9 Å². The Hall–Kier alpha value is -2.33. The molecule has 0 aliphatic carbocycles. The summed E-state index contributed by atoms with van der Waals surface area (Å²) in [6, 6.07) is 13.7. The number of rotatable bonds is 7. The zero-order valence-corrected chi connectivity index (χ0v) is 19.0. The van der Waals surface area contributed by atoms with Gasteiger partial charge in [0.15, 0.2) is 5.16 Å². The largest absolute Gasteiger partial charge is 0.325 e. The smallest absolute Gasteiger partial charge is 0.243 e. The van der Waals surface area contributed by atoms with E-state index < -0.39 is 10.0 Å². The van der Waals surface area contributed by atoms with Crippen LogP contribution in [-0.4, -0.2) is 47.0 Å². The fourth-order valence-corrected chi connectivity index (χ4v) is 5.80. The first-order valence-electron chi connectivity index (χ1n) is 9.76. The molecule has 4 rings (SSSR count). The van der Waals surface area contributed by atoms with E-state index in [0.29, 0.717) is 29.0 Å². The molecule has 1 amide bonds. The fraction of sp³-hybridized carbons (Fsp3) is 0.238. The highest BCUT2D eigenvalue weighted by Crippen LogP contribution is 2.24. The molecule has 0 radical (unpaired) electrons. The highest BCUT2D eigenvalue weighted by atomic mass is 35.5. The molecular weight excluding hydrogens is 456 g/mol. The van der Waals surface area contributed by atoms with Gasteiger partial charge in [-0.25, -0.2) is 13.4 Å². The number of sulfonamides is 1. The average Bonchev–Trinajstić information content (AvgIpc) is 3.46. The molecule has 2 aromatic carbocycles. The predicted molar refractivity (Wildman–Crippen MR) is 122 cm³/mol. The minimum Gasteiger partial charge on any atom is -0.325 e. The number of anilines is 1. The maximum absolute atomic E-state index is 12.7. The third-order valence-electron chi connectivity index (χ3n) is 4.86. The van der Waals surface area contributed by atoms with Crippen molar-refractivity contribution in [1.29, 1.82) is 0 Å². The van der Waals surface area contributed by atoms with Crippen molar-refractivity contribution in [2.45, 2.75) is 22.9 Å². The van der Waals surface area contributed by atoms with Crippen molar-refractivity contribution in [3.05, 3.63) is 65.9 Å². The van der Waals surface area contributed by atoms with Crippen LogP contribution in [0.2, 0.25) is 5.02 Å². The number of amides is 1. The van der Waals surface area contributed by atoms with E-state index in [1.807, 2.05) is 22.9 Å². The van der Waals surface area contributed by atoms with Gasteiger partial charge < -0.3 is 5.32 Å². The summed E-state index contributed by atoms with van der Waals surface area (Å²) in [5.41, 5.74) is 1.34. The number of imidazole rings is 1. The second kappa shape index (κ2) is 9.44.